The molecule has 5 nitrogen and oxygen atoms in total. The van der Waals surface area contributed by atoms with Crippen molar-refractivity contribution in [2.75, 3.05) is 6.61 Å². The zero-order chi connectivity index (χ0) is 27.2. The summed E-state index contributed by atoms with van der Waals surface area (Å²) in [7, 11) is 0. The fourth-order valence-corrected chi connectivity index (χ4v) is 7.38. The van der Waals surface area contributed by atoms with Crippen LogP contribution in [0, 0.1) is 0 Å². The van der Waals surface area contributed by atoms with Crippen molar-refractivity contribution in [3.63, 3.8) is 0 Å². The molecule has 3 aliphatic rings. The van der Waals surface area contributed by atoms with E-state index in [0.29, 0.717) is 35.8 Å². The lowest BCUT2D eigenvalue weighted by molar-refractivity contribution is -0.124. The Morgan fingerprint density at radius 1 is 1.03 bits per heavy atom. The molecule has 2 saturated carbocycles. The first-order valence-corrected chi connectivity index (χ1v) is 16.1. The zero-order valence-corrected chi connectivity index (χ0v) is 25.6. The van der Waals surface area contributed by atoms with Crippen LogP contribution in [0.5, 0.6) is 11.5 Å². The Hall–Kier alpha value is -1.96. The molecule has 2 aliphatic carbocycles. The third-order valence-corrected chi connectivity index (χ3v) is 9.41. The second-order valence-corrected chi connectivity index (χ2v) is 12.8. The maximum absolute atomic E-state index is 13.8. The van der Waals surface area contributed by atoms with E-state index >= 15 is 0 Å². The van der Waals surface area contributed by atoms with Crippen molar-refractivity contribution in [1.29, 1.82) is 0 Å². The standard InChI is InChI=1S/C31H36BrClN2O3S/c1-2-37-27-18-22(17-26(32)29(27)38-20-21-13-15-23(33)16-14-21)19-28-30(36)35(25-11-7-4-8-12-25)31(39-28)34-24-9-5-3-6-10-24/h13-19,24-25H,2-12,20H2,1H3. The highest BCUT2D eigenvalue weighted by atomic mass is 79.9. The van der Waals surface area contributed by atoms with Crippen LogP contribution in [0.15, 0.2) is 50.8 Å². The summed E-state index contributed by atoms with van der Waals surface area (Å²) in [6.07, 6.45) is 13.7. The molecule has 2 aromatic carbocycles. The first-order chi connectivity index (χ1) is 19.0. The van der Waals surface area contributed by atoms with Crippen LogP contribution in [-0.2, 0) is 11.4 Å². The van der Waals surface area contributed by atoms with Crippen molar-refractivity contribution in [2.45, 2.75) is 89.8 Å². The van der Waals surface area contributed by atoms with Gasteiger partial charge in [-0.25, -0.2) is 0 Å². The number of thioether (sulfide) groups is 1. The van der Waals surface area contributed by atoms with Crippen molar-refractivity contribution < 1.29 is 14.3 Å². The second-order valence-electron chi connectivity index (χ2n) is 10.5. The molecule has 3 fully saturated rings. The quantitative estimate of drug-likeness (QED) is 0.273. The van der Waals surface area contributed by atoms with E-state index < -0.39 is 0 Å². The summed E-state index contributed by atoms with van der Waals surface area (Å²) in [5.41, 5.74) is 1.91. The Morgan fingerprint density at radius 3 is 2.41 bits per heavy atom. The smallest absolute Gasteiger partial charge is 0.266 e. The molecule has 5 rings (SSSR count). The number of hydrogen-bond acceptors (Lipinski definition) is 5. The third kappa shape index (κ3) is 7.22. The van der Waals surface area contributed by atoms with Crippen LogP contribution in [-0.4, -0.2) is 34.7 Å². The average Bonchev–Trinajstić information content (AvgIpc) is 3.24. The van der Waals surface area contributed by atoms with Gasteiger partial charge in [0.05, 0.1) is 22.0 Å². The molecule has 1 amide bonds. The number of benzene rings is 2. The Balaban J connectivity index is 1.41. The molecule has 1 heterocycles. The van der Waals surface area contributed by atoms with E-state index in [1.807, 2.05) is 54.3 Å². The molecule has 2 aromatic rings. The summed E-state index contributed by atoms with van der Waals surface area (Å²) in [6.45, 7) is 2.85. The van der Waals surface area contributed by atoms with Crippen molar-refractivity contribution in [3.05, 3.63) is 61.9 Å². The van der Waals surface area contributed by atoms with Crippen LogP contribution in [0.25, 0.3) is 6.08 Å². The predicted octanol–water partition coefficient (Wildman–Crippen LogP) is 9.02. The van der Waals surface area contributed by atoms with Crippen molar-refractivity contribution in [3.8, 4) is 11.5 Å². The van der Waals surface area contributed by atoms with Crippen LogP contribution >= 0.6 is 39.3 Å². The van der Waals surface area contributed by atoms with E-state index in [9.17, 15) is 4.79 Å². The Kier molecular flexibility index (Phi) is 9.96. The van der Waals surface area contributed by atoms with Crippen LogP contribution in [0.3, 0.4) is 0 Å². The Labute approximate surface area is 249 Å². The van der Waals surface area contributed by atoms with E-state index in [2.05, 4.69) is 15.9 Å². The monoisotopic (exact) mass is 630 g/mol. The number of carbonyl (C=O) groups is 1. The lowest BCUT2D eigenvalue weighted by atomic mass is 9.94. The first kappa shape index (κ1) is 28.6. The van der Waals surface area contributed by atoms with Gasteiger partial charge in [0, 0.05) is 11.1 Å². The summed E-state index contributed by atoms with van der Waals surface area (Å²) < 4.78 is 12.9. The first-order valence-electron chi connectivity index (χ1n) is 14.2. The molecule has 0 atom stereocenters. The fourth-order valence-electron chi connectivity index (χ4n) is 5.57. The number of carbonyl (C=O) groups excluding carboxylic acids is 1. The number of amidine groups is 1. The van der Waals surface area contributed by atoms with E-state index in [0.717, 1.165) is 51.4 Å². The number of nitrogens with zero attached hydrogens (tertiary/aromatic N) is 2. The maximum Gasteiger partial charge on any atom is 0.266 e. The number of aliphatic imine (C=N–C) groups is 1. The molecule has 1 aliphatic heterocycles. The Morgan fingerprint density at radius 2 is 1.72 bits per heavy atom. The van der Waals surface area contributed by atoms with Gasteiger partial charge in [-0.05, 0) is 102 Å². The number of rotatable bonds is 8. The van der Waals surface area contributed by atoms with E-state index in [1.165, 1.54) is 50.3 Å². The van der Waals surface area contributed by atoms with Crippen LogP contribution in [0.1, 0.15) is 82.3 Å². The van der Waals surface area contributed by atoms with Gasteiger partial charge in [-0.15, -0.1) is 0 Å². The summed E-state index contributed by atoms with van der Waals surface area (Å²) >= 11 is 11.2. The lowest BCUT2D eigenvalue weighted by Crippen LogP contribution is -2.41. The fraction of sp³-hybridized carbons (Fsp3) is 0.484. The second kappa shape index (κ2) is 13.6. The van der Waals surface area contributed by atoms with Crippen molar-refractivity contribution >= 4 is 56.4 Å². The zero-order valence-electron chi connectivity index (χ0n) is 22.5. The molecule has 0 unspecified atom stereocenters. The minimum absolute atomic E-state index is 0.0820. The SMILES string of the molecule is CCOc1cc(C=C2SC(=NC3CCCCC3)N(C3CCCCC3)C2=O)cc(Br)c1OCc1ccc(Cl)cc1. The van der Waals surface area contributed by atoms with Crippen LogP contribution in [0.2, 0.25) is 5.02 Å². The van der Waals surface area contributed by atoms with Gasteiger partial charge in [0.15, 0.2) is 16.7 Å². The van der Waals surface area contributed by atoms with Crippen LogP contribution < -0.4 is 9.47 Å². The topological polar surface area (TPSA) is 51.1 Å². The Bertz CT molecular complexity index is 1220. The van der Waals surface area contributed by atoms with Gasteiger partial charge in [0.25, 0.3) is 5.91 Å². The third-order valence-electron chi connectivity index (χ3n) is 7.57. The van der Waals surface area contributed by atoms with Gasteiger partial charge in [-0.2, -0.15) is 0 Å². The van der Waals surface area contributed by atoms with Crippen molar-refractivity contribution in [1.82, 2.24) is 4.90 Å². The molecule has 208 valence electrons. The van der Waals surface area contributed by atoms with Crippen molar-refractivity contribution in [2.24, 2.45) is 4.99 Å². The van der Waals surface area contributed by atoms with Gasteiger partial charge >= 0.3 is 0 Å². The van der Waals surface area contributed by atoms with Gasteiger partial charge in [-0.3, -0.25) is 14.7 Å². The average molecular weight is 632 g/mol. The summed E-state index contributed by atoms with van der Waals surface area (Å²) in [5, 5.41) is 1.60. The van der Waals surface area contributed by atoms with Gasteiger partial charge in [0.1, 0.15) is 6.61 Å². The van der Waals surface area contributed by atoms with Gasteiger partial charge in [-0.1, -0.05) is 62.3 Å². The molecule has 0 spiro atoms. The summed E-state index contributed by atoms with van der Waals surface area (Å²) in [5.74, 6) is 1.37. The minimum Gasteiger partial charge on any atom is -0.490 e. The molecule has 0 radical (unpaired) electrons. The van der Waals surface area contributed by atoms with Gasteiger partial charge in [0.2, 0.25) is 0 Å². The molecule has 0 aromatic heterocycles. The predicted molar refractivity (Wildman–Crippen MR) is 165 cm³/mol. The maximum atomic E-state index is 13.8. The number of amides is 1. The number of halogens is 2. The van der Waals surface area contributed by atoms with E-state index in [1.54, 1.807) is 0 Å². The number of ether oxygens (including phenoxy) is 2. The molecule has 8 heteroatoms. The molecule has 0 bridgehead atoms. The molecular formula is C31H36BrClN2O3S. The number of hydrogen-bond donors (Lipinski definition) is 0. The summed E-state index contributed by atoms with van der Waals surface area (Å²) in [4.78, 5) is 21.7. The van der Waals surface area contributed by atoms with Crippen LogP contribution in [0.4, 0.5) is 0 Å². The highest BCUT2D eigenvalue weighted by Crippen LogP contribution is 2.41. The minimum atomic E-state index is 0.0820. The molecule has 39 heavy (non-hydrogen) atoms. The van der Waals surface area contributed by atoms with E-state index in [-0.39, 0.29) is 11.9 Å². The normalized spacial score (nSPS) is 21.2. The summed E-state index contributed by atoms with van der Waals surface area (Å²) in [6, 6.07) is 12.1. The van der Waals surface area contributed by atoms with E-state index in [4.69, 9.17) is 26.1 Å². The molecule has 0 N–H and O–H groups in total. The highest BCUT2D eigenvalue weighted by Gasteiger charge is 2.39. The molecular weight excluding hydrogens is 596 g/mol. The highest BCUT2D eigenvalue weighted by molar-refractivity contribution is 9.10. The lowest BCUT2D eigenvalue weighted by Gasteiger charge is -2.31. The molecule has 1 saturated heterocycles. The van der Waals surface area contributed by atoms with Gasteiger partial charge < -0.3 is 9.47 Å². The largest absolute Gasteiger partial charge is 0.490 e.